The number of piperazine rings is 1. The van der Waals surface area contributed by atoms with E-state index in [1.807, 2.05) is 30.0 Å². The van der Waals surface area contributed by atoms with Gasteiger partial charge in [-0.15, -0.1) is 0 Å². The Bertz CT molecular complexity index is 1440. The lowest BCUT2D eigenvalue weighted by atomic mass is 10.00. The van der Waals surface area contributed by atoms with Crippen molar-refractivity contribution in [1.82, 2.24) is 9.88 Å². The lowest BCUT2D eigenvalue weighted by molar-refractivity contribution is -0.132. The lowest BCUT2D eigenvalue weighted by Gasteiger charge is -2.41. The highest BCUT2D eigenvalue weighted by Crippen LogP contribution is 2.31. The van der Waals surface area contributed by atoms with E-state index >= 15 is 0 Å². The predicted octanol–water partition coefficient (Wildman–Crippen LogP) is 5.17. The molecular weight excluding hydrogens is 545 g/mol. The third kappa shape index (κ3) is 5.70. The molecule has 38 heavy (non-hydrogen) atoms. The second-order valence-electron chi connectivity index (χ2n) is 9.52. The van der Waals surface area contributed by atoms with Crippen molar-refractivity contribution >= 4 is 56.2 Å². The molecule has 3 aromatic rings. The summed E-state index contributed by atoms with van der Waals surface area (Å²) in [5, 5.41) is 0.930. The van der Waals surface area contributed by atoms with E-state index in [0.29, 0.717) is 31.9 Å². The predicted molar refractivity (Wildman–Crippen MR) is 156 cm³/mol. The summed E-state index contributed by atoms with van der Waals surface area (Å²) in [6.45, 7) is 5.38. The first-order valence-corrected chi connectivity index (χ1v) is 14.8. The van der Waals surface area contributed by atoms with Crippen LogP contribution in [0.1, 0.15) is 21.8 Å². The number of hydrogen-bond acceptors (Lipinski definition) is 6. The van der Waals surface area contributed by atoms with E-state index in [2.05, 4.69) is 19.5 Å². The molecule has 1 fully saturated rings. The van der Waals surface area contributed by atoms with Crippen LogP contribution in [0.25, 0.3) is 0 Å². The number of rotatable bonds is 6. The van der Waals surface area contributed by atoms with Gasteiger partial charge in [0.2, 0.25) is 5.91 Å². The van der Waals surface area contributed by atoms with Gasteiger partial charge in [0.15, 0.2) is 0 Å². The Morgan fingerprint density at radius 3 is 2.45 bits per heavy atom. The molecule has 1 aromatic heterocycles. The first-order chi connectivity index (χ1) is 18.2. The van der Waals surface area contributed by atoms with Crippen molar-refractivity contribution in [3.05, 3.63) is 76.5 Å². The number of hydrogen-bond donors (Lipinski definition) is 1. The number of nitrogens with zero attached hydrogens (tertiary/aromatic N) is 4. The molecule has 2 aliphatic rings. The molecule has 0 unspecified atom stereocenters. The molecule has 1 saturated heterocycles. The molecule has 204 valence electrons. The second kappa shape index (κ2) is 11.0. The van der Waals surface area contributed by atoms with E-state index in [-0.39, 0.29) is 24.9 Å². The molecule has 0 spiro atoms. The van der Waals surface area contributed by atoms with E-state index in [9.17, 15) is 13.2 Å². The van der Waals surface area contributed by atoms with Crippen LogP contribution in [0.3, 0.4) is 0 Å². The van der Waals surface area contributed by atoms with E-state index in [0.717, 1.165) is 35.8 Å². The molecule has 1 N–H and O–H groups in total. The van der Waals surface area contributed by atoms with E-state index in [1.54, 1.807) is 30.3 Å². The fourth-order valence-electron chi connectivity index (χ4n) is 5.10. The SMILES string of the molecule is C[C@@H](C(=O)N1CCN(c2ccc(S(=O)(=O)Nc3ccnc(Cl)c3)cc2)CC1)N1CCCc2cc(Cl)ccc21.[HH].[HH]. The molecule has 0 radical (unpaired) electrons. The zero-order chi connectivity index (χ0) is 26.9. The summed E-state index contributed by atoms with van der Waals surface area (Å²) in [6, 6.07) is 15.4. The molecule has 0 saturated carbocycles. The van der Waals surface area contributed by atoms with E-state index in [1.165, 1.54) is 17.8 Å². The van der Waals surface area contributed by atoms with E-state index < -0.39 is 10.0 Å². The number of halogens is 2. The van der Waals surface area contributed by atoms with Gasteiger partial charge >= 0.3 is 0 Å². The summed E-state index contributed by atoms with van der Waals surface area (Å²) in [5.41, 5.74) is 3.55. The van der Waals surface area contributed by atoms with Gasteiger partial charge in [0.1, 0.15) is 11.2 Å². The van der Waals surface area contributed by atoms with Crippen LogP contribution in [0.2, 0.25) is 10.2 Å². The third-order valence-corrected chi connectivity index (χ3v) is 8.94. The van der Waals surface area contributed by atoms with Gasteiger partial charge in [0.05, 0.1) is 10.6 Å². The van der Waals surface area contributed by atoms with Gasteiger partial charge in [0, 0.05) is 58.2 Å². The lowest BCUT2D eigenvalue weighted by Crippen LogP contribution is -2.55. The monoisotopic (exact) mass is 577 g/mol. The van der Waals surface area contributed by atoms with Crippen LogP contribution in [0, 0.1) is 0 Å². The number of benzene rings is 2. The number of aromatic nitrogens is 1. The number of anilines is 3. The Morgan fingerprint density at radius 1 is 1.00 bits per heavy atom. The number of fused-ring (bicyclic) bond motifs is 1. The van der Waals surface area contributed by atoms with Crippen molar-refractivity contribution in [3.63, 3.8) is 0 Å². The molecule has 0 bridgehead atoms. The van der Waals surface area contributed by atoms with Crippen LogP contribution in [-0.4, -0.2) is 63.0 Å². The molecule has 11 heteroatoms. The Morgan fingerprint density at radius 2 is 1.74 bits per heavy atom. The van der Waals surface area contributed by atoms with Crippen molar-refractivity contribution < 1.29 is 16.1 Å². The van der Waals surface area contributed by atoms with Gasteiger partial charge < -0.3 is 14.7 Å². The van der Waals surface area contributed by atoms with Crippen molar-refractivity contribution in [2.24, 2.45) is 0 Å². The zero-order valence-electron chi connectivity index (χ0n) is 21.0. The van der Waals surface area contributed by atoms with Gasteiger partial charge in [-0.2, -0.15) is 0 Å². The minimum Gasteiger partial charge on any atom is -0.368 e. The minimum absolute atomic E-state index is 0. The van der Waals surface area contributed by atoms with Gasteiger partial charge in [0.25, 0.3) is 10.0 Å². The highest BCUT2D eigenvalue weighted by Gasteiger charge is 2.31. The summed E-state index contributed by atoms with van der Waals surface area (Å²) in [4.78, 5) is 23.7. The maximum absolute atomic E-state index is 13.4. The van der Waals surface area contributed by atoms with Crippen molar-refractivity contribution in [2.75, 3.05) is 47.2 Å². The zero-order valence-corrected chi connectivity index (χ0v) is 23.3. The summed E-state index contributed by atoms with van der Waals surface area (Å²) in [5.74, 6) is 0.121. The van der Waals surface area contributed by atoms with Crippen molar-refractivity contribution in [1.29, 1.82) is 0 Å². The molecular formula is C27H33Cl2N5O3S. The number of pyridine rings is 1. The van der Waals surface area contributed by atoms with Gasteiger partial charge in [-0.05, 0) is 79.9 Å². The van der Waals surface area contributed by atoms with Crippen molar-refractivity contribution in [3.8, 4) is 0 Å². The molecule has 2 aromatic carbocycles. The maximum atomic E-state index is 13.4. The van der Waals surface area contributed by atoms with Gasteiger partial charge in [-0.1, -0.05) is 23.2 Å². The normalized spacial score (nSPS) is 16.7. The number of amides is 1. The highest BCUT2D eigenvalue weighted by atomic mass is 35.5. The molecule has 0 aliphatic carbocycles. The Labute approximate surface area is 236 Å². The quantitative estimate of drug-likeness (QED) is 0.407. The number of carbonyl (C=O) groups excluding carboxylic acids is 1. The molecule has 1 atom stereocenters. The third-order valence-electron chi connectivity index (χ3n) is 7.10. The van der Waals surface area contributed by atoms with Gasteiger partial charge in [-0.25, -0.2) is 13.4 Å². The molecule has 8 nitrogen and oxygen atoms in total. The maximum Gasteiger partial charge on any atom is 0.261 e. The average molecular weight is 579 g/mol. The second-order valence-corrected chi connectivity index (χ2v) is 12.0. The smallest absolute Gasteiger partial charge is 0.261 e. The van der Waals surface area contributed by atoms with Crippen LogP contribution in [0.4, 0.5) is 17.1 Å². The highest BCUT2D eigenvalue weighted by molar-refractivity contribution is 7.92. The number of aryl methyl sites for hydroxylation is 1. The largest absolute Gasteiger partial charge is 0.368 e. The van der Waals surface area contributed by atoms with E-state index in [4.69, 9.17) is 23.2 Å². The van der Waals surface area contributed by atoms with Crippen LogP contribution in [0.5, 0.6) is 0 Å². The Balaban J connectivity index is 0.00000220. The van der Waals surface area contributed by atoms with Crippen LogP contribution < -0.4 is 14.5 Å². The summed E-state index contributed by atoms with van der Waals surface area (Å²) in [7, 11) is -3.76. The summed E-state index contributed by atoms with van der Waals surface area (Å²) < 4.78 is 28.0. The van der Waals surface area contributed by atoms with Crippen LogP contribution in [-0.2, 0) is 21.2 Å². The molecule has 1 amide bonds. The Hall–Kier alpha value is -3.01. The number of nitrogens with one attached hydrogen (secondary N) is 1. The first kappa shape index (κ1) is 26.6. The van der Waals surface area contributed by atoms with Crippen molar-refractivity contribution in [2.45, 2.75) is 30.7 Å². The fraction of sp³-hybridized carbons (Fsp3) is 0.333. The summed E-state index contributed by atoms with van der Waals surface area (Å²) >= 11 is 12.0. The minimum atomic E-state index is -3.76. The first-order valence-electron chi connectivity index (χ1n) is 12.5. The molecule has 3 heterocycles. The van der Waals surface area contributed by atoms with Crippen LogP contribution >= 0.6 is 23.2 Å². The summed E-state index contributed by atoms with van der Waals surface area (Å²) in [6.07, 6.45) is 3.41. The molecule has 2 aliphatic heterocycles. The van der Waals surface area contributed by atoms with Crippen LogP contribution in [0.15, 0.2) is 65.7 Å². The van der Waals surface area contributed by atoms with Gasteiger partial charge in [-0.3, -0.25) is 9.52 Å². The molecule has 5 rings (SSSR count). The topological polar surface area (TPSA) is 85.8 Å². The standard InChI is InChI=1S/C27H29Cl2N5O3S.2H2/c1-19(34-12-2-3-20-17-21(28)4-9-25(20)34)27(35)33-15-13-32(14-16-33)23-5-7-24(8-6-23)38(36,37)31-22-10-11-30-26(29)18-22;;/h4-11,17-19H,2-3,12-16H2,1H3,(H,30,31);2*1H/t19-;;/m0../s1. The Kier molecular flexibility index (Phi) is 7.70. The number of carbonyl (C=O) groups is 1. The number of sulfonamides is 1. The average Bonchev–Trinajstić information content (AvgIpc) is 2.91. The fourth-order valence-corrected chi connectivity index (χ4v) is 6.51.